The molecule has 3 N–H and O–H groups in total. The summed E-state index contributed by atoms with van der Waals surface area (Å²) >= 11 is 0. The molecule has 0 radical (unpaired) electrons. The number of aromatic nitrogens is 1. The van der Waals surface area contributed by atoms with Gasteiger partial charge in [-0.05, 0) is 38.7 Å². The first-order valence-electron chi connectivity index (χ1n) is 7.60. The molecule has 22 heavy (non-hydrogen) atoms. The van der Waals surface area contributed by atoms with Crippen LogP contribution in [-0.2, 0) is 11.2 Å². The van der Waals surface area contributed by atoms with Crippen molar-refractivity contribution in [1.29, 1.82) is 0 Å². The summed E-state index contributed by atoms with van der Waals surface area (Å²) in [6.45, 7) is 5.08. The Morgan fingerprint density at radius 2 is 1.86 bits per heavy atom. The van der Waals surface area contributed by atoms with Crippen LogP contribution in [0.3, 0.4) is 0 Å². The van der Waals surface area contributed by atoms with Gasteiger partial charge in [0.2, 0.25) is 0 Å². The number of rotatable bonds is 5. The summed E-state index contributed by atoms with van der Waals surface area (Å²) < 4.78 is 0. The molecule has 1 saturated carbocycles. The average Bonchev–Trinajstić information content (AvgIpc) is 3.03. The fraction of sp³-hybridized carbons (Fsp3) is 0.562. The van der Waals surface area contributed by atoms with E-state index in [1.807, 2.05) is 6.92 Å². The number of hydrogen-bond donors (Lipinski definition) is 3. The van der Waals surface area contributed by atoms with Crippen LogP contribution in [0.25, 0.3) is 0 Å². The molecule has 0 spiro atoms. The number of hydrogen-bond acceptors (Lipinski definition) is 3. The lowest BCUT2D eigenvalue weighted by molar-refractivity contribution is -0.144. The molecule has 1 amide bonds. The normalized spacial score (nSPS) is 16.5. The van der Waals surface area contributed by atoms with Crippen LogP contribution in [0.15, 0.2) is 0 Å². The molecule has 1 heterocycles. The smallest absolute Gasteiger partial charge is 0.329 e. The number of carboxylic acid groups (broad SMARTS) is 1. The minimum Gasteiger partial charge on any atom is -0.480 e. The predicted octanol–water partition coefficient (Wildman–Crippen LogP) is 2.22. The van der Waals surface area contributed by atoms with E-state index in [-0.39, 0.29) is 5.78 Å². The van der Waals surface area contributed by atoms with Gasteiger partial charge >= 0.3 is 5.97 Å². The number of aryl methyl sites for hydroxylation is 1. The molecule has 120 valence electrons. The predicted molar refractivity (Wildman–Crippen MR) is 81.2 cm³/mol. The lowest BCUT2D eigenvalue weighted by Gasteiger charge is -2.25. The van der Waals surface area contributed by atoms with Gasteiger partial charge in [-0.3, -0.25) is 9.59 Å². The first-order valence-corrected chi connectivity index (χ1v) is 7.60. The zero-order chi connectivity index (χ0) is 16.5. The van der Waals surface area contributed by atoms with Crippen LogP contribution in [0.4, 0.5) is 0 Å². The van der Waals surface area contributed by atoms with Crippen LogP contribution in [0.5, 0.6) is 0 Å². The van der Waals surface area contributed by atoms with Crippen molar-refractivity contribution in [3.63, 3.8) is 0 Å². The number of nitrogens with one attached hydrogen (secondary N) is 2. The molecule has 1 aliphatic carbocycles. The minimum atomic E-state index is -1.18. The lowest BCUT2D eigenvalue weighted by Crippen LogP contribution is -2.52. The van der Waals surface area contributed by atoms with E-state index in [1.54, 1.807) is 6.92 Å². The summed E-state index contributed by atoms with van der Waals surface area (Å²) in [7, 11) is 0. The van der Waals surface area contributed by atoms with Crippen molar-refractivity contribution < 1.29 is 19.5 Å². The summed E-state index contributed by atoms with van der Waals surface area (Å²) in [6.07, 6.45) is 2.98. The van der Waals surface area contributed by atoms with E-state index in [0.717, 1.165) is 12.8 Å². The topological polar surface area (TPSA) is 99.3 Å². The Bertz CT molecular complexity index is 624. The van der Waals surface area contributed by atoms with Gasteiger partial charge in [-0.25, -0.2) is 4.79 Å². The van der Waals surface area contributed by atoms with Crippen molar-refractivity contribution in [3.8, 4) is 0 Å². The quantitative estimate of drug-likeness (QED) is 0.726. The molecule has 0 aromatic carbocycles. The van der Waals surface area contributed by atoms with Gasteiger partial charge in [0.25, 0.3) is 5.91 Å². The second-order valence-electron chi connectivity index (χ2n) is 5.94. The van der Waals surface area contributed by atoms with Crippen LogP contribution in [0.2, 0.25) is 0 Å². The number of aliphatic carboxylic acids is 1. The summed E-state index contributed by atoms with van der Waals surface area (Å²) in [6, 6.07) is 0. The molecule has 1 aromatic heterocycles. The van der Waals surface area contributed by atoms with E-state index >= 15 is 0 Å². The van der Waals surface area contributed by atoms with E-state index < -0.39 is 17.4 Å². The molecular formula is C16H22N2O4. The number of ketones is 1. The van der Waals surface area contributed by atoms with Gasteiger partial charge in [-0.15, -0.1) is 0 Å². The molecule has 0 saturated heterocycles. The lowest BCUT2D eigenvalue weighted by atomic mass is 9.97. The maximum Gasteiger partial charge on any atom is 0.329 e. The van der Waals surface area contributed by atoms with Crippen LogP contribution in [-0.4, -0.2) is 33.3 Å². The molecule has 0 aliphatic heterocycles. The van der Waals surface area contributed by atoms with Crippen LogP contribution in [0.1, 0.15) is 71.6 Å². The fourth-order valence-electron chi connectivity index (χ4n) is 3.35. The Balaban J connectivity index is 2.36. The zero-order valence-electron chi connectivity index (χ0n) is 13.2. The number of H-pyrrole nitrogens is 1. The molecule has 6 nitrogen and oxygen atoms in total. The van der Waals surface area contributed by atoms with Gasteiger partial charge in [0.05, 0.1) is 0 Å². The van der Waals surface area contributed by atoms with Crippen LogP contribution >= 0.6 is 0 Å². The van der Waals surface area contributed by atoms with Crippen molar-refractivity contribution in [2.24, 2.45) is 0 Å². The number of carbonyl (C=O) groups is 3. The standard InChI is InChI=1S/C16H22N2O4/c1-4-11-12(10(3)19)9(2)17-13(11)14(20)18-16(15(21)22)7-5-6-8-16/h17H,4-8H2,1-3H3,(H,18,20)(H,21,22). The largest absolute Gasteiger partial charge is 0.480 e. The Labute approximate surface area is 129 Å². The molecule has 6 heteroatoms. The molecule has 0 bridgehead atoms. The Kier molecular flexibility index (Phi) is 4.39. The first kappa shape index (κ1) is 16.3. The van der Waals surface area contributed by atoms with Crippen LogP contribution in [0, 0.1) is 6.92 Å². The van der Waals surface area contributed by atoms with E-state index in [9.17, 15) is 19.5 Å². The van der Waals surface area contributed by atoms with Crippen LogP contribution < -0.4 is 5.32 Å². The molecule has 1 aliphatic rings. The van der Waals surface area contributed by atoms with Gasteiger partial charge in [0.15, 0.2) is 5.78 Å². The van der Waals surface area contributed by atoms with Crippen molar-refractivity contribution in [3.05, 3.63) is 22.5 Å². The highest BCUT2D eigenvalue weighted by Gasteiger charge is 2.43. The van der Waals surface area contributed by atoms with Gasteiger partial charge in [-0.2, -0.15) is 0 Å². The minimum absolute atomic E-state index is 0.0986. The van der Waals surface area contributed by atoms with E-state index in [4.69, 9.17) is 0 Å². The van der Waals surface area contributed by atoms with Gasteiger partial charge in [-0.1, -0.05) is 19.8 Å². The van der Waals surface area contributed by atoms with Crippen molar-refractivity contribution in [1.82, 2.24) is 10.3 Å². The Hall–Kier alpha value is -2.11. The van der Waals surface area contributed by atoms with E-state index in [0.29, 0.717) is 41.8 Å². The summed E-state index contributed by atoms with van der Waals surface area (Å²) in [5.74, 6) is -1.54. The maximum atomic E-state index is 12.6. The Morgan fingerprint density at radius 3 is 2.32 bits per heavy atom. The van der Waals surface area contributed by atoms with Gasteiger partial charge in [0.1, 0.15) is 11.2 Å². The highest BCUT2D eigenvalue weighted by molar-refractivity contribution is 6.03. The van der Waals surface area contributed by atoms with Crippen molar-refractivity contribution in [2.45, 2.75) is 58.4 Å². The monoisotopic (exact) mass is 306 g/mol. The second kappa shape index (κ2) is 5.94. The number of carbonyl (C=O) groups excluding carboxylic acids is 2. The number of aromatic amines is 1. The highest BCUT2D eigenvalue weighted by atomic mass is 16.4. The Morgan fingerprint density at radius 1 is 1.27 bits per heavy atom. The third-order valence-corrected chi connectivity index (χ3v) is 4.44. The fourth-order valence-corrected chi connectivity index (χ4v) is 3.35. The number of Topliss-reactive ketones (excluding diaryl/α,β-unsaturated/α-hetero) is 1. The number of amides is 1. The third kappa shape index (κ3) is 2.65. The maximum absolute atomic E-state index is 12.6. The first-order chi connectivity index (χ1) is 10.3. The van der Waals surface area contributed by atoms with Gasteiger partial charge in [0, 0.05) is 11.3 Å². The van der Waals surface area contributed by atoms with Crippen molar-refractivity contribution >= 4 is 17.7 Å². The van der Waals surface area contributed by atoms with E-state index in [1.165, 1.54) is 6.92 Å². The highest BCUT2D eigenvalue weighted by Crippen LogP contribution is 2.31. The summed E-state index contributed by atoms with van der Waals surface area (Å²) in [5, 5.41) is 12.1. The molecular weight excluding hydrogens is 284 g/mol. The SMILES string of the molecule is CCc1c(C(=O)NC2(C(=O)O)CCCC2)[nH]c(C)c1C(C)=O. The average molecular weight is 306 g/mol. The second-order valence-corrected chi connectivity index (χ2v) is 5.94. The molecule has 1 fully saturated rings. The molecule has 0 unspecified atom stereocenters. The number of carboxylic acids is 1. The molecule has 1 aromatic rings. The summed E-state index contributed by atoms with van der Waals surface area (Å²) in [4.78, 5) is 38.8. The summed E-state index contributed by atoms with van der Waals surface area (Å²) in [5.41, 5.74) is 0.949. The third-order valence-electron chi connectivity index (χ3n) is 4.44. The molecule has 2 rings (SSSR count). The molecule has 0 atom stereocenters. The zero-order valence-corrected chi connectivity index (χ0v) is 13.2. The van der Waals surface area contributed by atoms with Crippen molar-refractivity contribution in [2.75, 3.05) is 0 Å². The van der Waals surface area contributed by atoms with E-state index in [2.05, 4.69) is 10.3 Å². The van der Waals surface area contributed by atoms with Gasteiger partial charge < -0.3 is 15.4 Å².